The molecule has 1 aliphatic carbocycles. The zero-order chi connectivity index (χ0) is 11.1. The molecule has 2 nitrogen and oxygen atoms in total. The van der Waals surface area contributed by atoms with Crippen LogP contribution in [0.4, 0.5) is 0 Å². The van der Waals surface area contributed by atoms with Crippen LogP contribution < -0.4 is 0 Å². The summed E-state index contributed by atoms with van der Waals surface area (Å²) in [7, 11) is 0. The second-order valence-electron chi connectivity index (χ2n) is 4.05. The number of rotatable bonds is 5. The summed E-state index contributed by atoms with van der Waals surface area (Å²) >= 11 is 1.84. The molecule has 0 aliphatic heterocycles. The van der Waals surface area contributed by atoms with Gasteiger partial charge in [0.15, 0.2) is 0 Å². The molecular formula is C12H22O2S. The highest BCUT2D eigenvalue weighted by molar-refractivity contribution is 8.01. The van der Waals surface area contributed by atoms with Crippen LogP contribution in [0.1, 0.15) is 52.4 Å². The molecule has 1 atom stereocenters. The van der Waals surface area contributed by atoms with Crippen LogP contribution in [0, 0.1) is 0 Å². The van der Waals surface area contributed by atoms with Gasteiger partial charge >= 0.3 is 5.97 Å². The van der Waals surface area contributed by atoms with Crippen molar-refractivity contribution in [3.05, 3.63) is 0 Å². The summed E-state index contributed by atoms with van der Waals surface area (Å²) in [5, 5.41) is 0.751. The third-order valence-electron chi connectivity index (χ3n) is 2.83. The molecule has 0 heterocycles. The van der Waals surface area contributed by atoms with Gasteiger partial charge in [-0.2, -0.15) is 0 Å². The molecule has 1 aliphatic rings. The molecule has 1 saturated carbocycles. The fraction of sp³-hybridized carbons (Fsp3) is 0.917. The first-order valence-corrected chi connectivity index (χ1v) is 7.04. The smallest absolute Gasteiger partial charge is 0.319 e. The highest BCUT2D eigenvalue weighted by Crippen LogP contribution is 2.32. The number of hydrogen-bond donors (Lipinski definition) is 0. The number of hydrogen-bond acceptors (Lipinski definition) is 3. The van der Waals surface area contributed by atoms with Crippen LogP contribution in [0.5, 0.6) is 0 Å². The van der Waals surface area contributed by atoms with Crippen LogP contribution in [0.25, 0.3) is 0 Å². The fourth-order valence-corrected chi connectivity index (χ4v) is 3.43. The number of esters is 1. The van der Waals surface area contributed by atoms with Gasteiger partial charge in [0.05, 0.1) is 6.61 Å². The maximum absolute atomic E-state index is 11.6. The van der Waals surface area contributed by atoms with E-state index >= 15 is 0 Å². The lowest BCUT2D eigenvalue weighted by atomic mass is 10.0. The highest BCUT2D eigenvalue weighted by atomic mass is 32.2. The van der Waals surface area contributed by atoms with Gasteiger partial charge in [-0.25, -0.2) is 0 Å². The number of carbonyl (C=O) groups is 1. The van der Waals surface area contributed by atoms with Crippen molar-refractivity contribution in [1.29, 1.82) is 0 Å². The van der Waals surface area contributed by atoms with Gasteiger partial charge in [-0.3, -0.25) is 4.79 Å². The van der Waals surface area contributed by atoms with E-state index in [2.05, 4.69) is 6.92 Å². The average Bonchev–Trinajstić information content (AvgIpc) is 2.27. The Morgan fingerprint density at radius 2 is 2.00 bits per heavy atom. The Hall–Kier alpha value is -0.180. The molecule has 0 radical (unpaired) electrons. The van der Waals surface area contributed by atoms with Gasteiger partial charge in [-0.15, -0.1) is 11.8 Å². The normalized spacial score (nSPS) is 19.9. The Morgan fingerprint density at radius 3 is 2.53 bits per heavy atom. The molecule has 3 heteroatoms. The van der Waals surface area contributed by atoms with Crippen molar-refractivity contribution < 1.29 is 9.53 Å². The first-order valence-electron chi connectivity index (χ1n) is 6.10. The Balaban J connectivity index is 2.34. The van der Waals surface area contributed by atoms with Gasteiger partial charge in [-0.1, -0.05) is 26.2 Å². The van der Waals surface area contributed by atoms with Crippen molar-refractivity contribution in [2.75, 3.05) is 6.61 Å². The van der Waals surface area contributed by atoms with E-state index in [1.54, 1.807) is 0 Å². The standard InChI is InChI=1S/C12H22O2S/c1-3-11(12(13)14-4-2)15-10-8-6-5-7-9-10/h10-11H,3-9H2,1-2H3. The second-order valence-corrected chi connectivity index (χ2v) is 5.55. The van der Waals surface area contributed by atoms with Gasteiger partial charge in [0.1, 0.15) is 5.25 Å². The summed E-state index contributed by atoms with van der Waals surface area (Å²) < 4.78 is 5.08. The fourth-order valence-electron chi connectivity index (χ4n) is 1.99. The Labute approximate surface area is 97.1 Å². The molecule has 0 amide bonds. The maximum atomic E-state index is 11.6. The lowest BCUT2D eigenvalue weighted by Crippen LogP contribution is -2.23. The minimum Gasteiger partial charge on any atom is -0.465 e. The number of thioether (sulfide) groups is 1. The predicted octanol–water partition coefficient (Wildman–Crippen LogP) is 3.39. The molecule has 1 rings (SSSR count). The summed E-state index contributed by atoms with van der Waals surface area (Å²) in [6.07, 6.45) is 7.47. The third kappa shape index (κ3) is 4.45. The lowest BCUT2D eigenvalue weighted by molar-refractivity contribution is -0.142. The summed E-state index contributed by atoms with van der Waals surface area (Å²) in [6, 6.07) is 0. The van der Waals surface area contributed by atoms with Gasteiger partial charge in [0, 0.05) is 5.25 Å². The van der Waals surface area contributed by atoms with Gasteiger partial charge in [0.2, 0.25) is 0 Å². The molecule has 0 spiro atoms. The minimum atomic E-state index is -0.0180. The van der Waals surface area contributed by atoms with E-state index in [4.69, 9.17) is 4.74 Å². The quantitative estimate of drug-likeness (QED) is 0.677. The van der Waals surface area contributed by atoms with Crippen LogP contribution in [-0.4, -0.2) is 23.1 Å². The second kappa shape index (κ2) is 7.15. The van der Waals surface area contributed by atoms with Crippen molar-refractivity contribution in [2.24, 2.45) is 0 Å². The minimum absolute atomic E-state index is 0.0180. The monoisotopic (exact) mass is 230 g/mol. The van der Waals surface area contributed by atoms with E-state index in [1.165, 1.54) is 32.1 Å². The van der Waals surface area contributed by atoms with Crippen molar-refractivity contribution in [3.63, 3.8) is 0 Å². The van der Waals surface area contributed by atoms with Crippen molar-refractivity contribution in [3.8, 4) is 0 Å². The van der Waals surface area contributed by atoms with Gasteiger partial charge in [-0.05, 0) is 26.2 Å². The van der Waals surface area contributed by atoms with Crippen LogP contribution in [-0.2, 0) is 9.53 Å². The maximum Gasteiger partial charge on any atom is 0.319 e. The van der Waals surface area contributed by atoms with E-state index < -0.39 is 0 Å². The Bertz CT molecular complexity index is 188. The molecule has 0 saturated heterocycles. The molecule has 0 aromatic carbocycles. The number of carbonyl (C=O) groups excluding carboxylic acids is 1. The van der Waals surface area contributed by atoms with E-state index in [-0.39, 0.29) is 11.2 Å². The van der Waals surface area contributed by atoms with Gasteiger partial charge < -0.3 is 4.74 Å². The Morgan fingerprint density at radius 1 is 1.33 bits per heavy atom. The summed E-state index contributed by atoms with van der Waals surface area (Å²) in [5.74, 6) is -0.0180. The molecule has 0 aromatic heterocycles. The molecule has 0 bridgehead atoms. The van der Waals surface area contributed by atoms with Crippen LogP contribution >= 0.6 is 11.8 Å². The zero-order valence-electron chi connectivity index (χ0n) is 9.83. The van der Waals surface area contributed by atoms with Crippen molar-refractivity contribution >= 4 is 17.7 Å². The highest BCUT2D eigenvalue weighted by Gasteiger charge is 2.24. The number of ether oxygens (including phenoxy) is 1. The molecular weight excluding hydrogens is 208 g/mol. The first-order chi connectivity index (χ1) is 7.27. The molecule has 15 heavy (non-hydrogen) atoms. The van der Waals surface area contributed by atoms with Crippen molar-refractivity contribution in [2.45, 2.75) is 62.9 Å². The molecule has 88 valence electrons. The third-order valence-corrected chi connectivity index (χ3v) is 4.54. The van der Waals surface area contributed by atoms with Crippen LogP contribution in [0.15, 0.2) is 0 Å². The Kier molecular flexibility index (Phi) is 6.15. The van der Waals surface area contributed by atoms with Crippen LogP contribution in [0.2, 0.25) is 0 Å². The largest absolute Gasteiger partial charge is 0.465 e. The molecule has 0 aromatic rings. The zero-order valence-corrected chi connectivity index (χ0v) is 10.6. The first kappa shape index (κ1) is 12.9. The molecule has 0 N–H and O–H groups in total. The molecule has 1 fully saturated rings. The lowest BCUT2D eigenvalue weighted by Gasteiger charge is -2.24. The summed E-state index contributed by atoms with van der Waals surface area (Å²) in [6.45, 7) is 4.44. The molecule has 1 unspecified atom stereocenters. The van der Waals surface area contributed by atoms with Crippen molar-refractivity contribution in [1.82, 2.24) is 0 Å². The summed E-state index contributed by atoms with van der Waals surface area (Å²) in [5.41, 5.74) is 0. The predicted molar refractivity (Wildman–Crippen MR) is 65.2 cm³/mol. The van der Waals surface area contributed by atoms with Crippen LogP contribution in [0.3, 0.4) is 0 Å². The summed E-state index contributed by atoms with van der Waals surface area (Å²) in [4.78, 5) is 11.6. The van der Waals surface area contributed by atoms with E-state index in [0.29, 0.717) is 11.9 Å². The van der Waals surface area contributed by atoms with E-state index in [9.17, 15) is 4.79 Å². The SMILES string of the molecule is CCOC(=O)C(CC)SC1CCCCC1. The van der Waals surface area contributed by atoms with Gasteiger partial charge in [0.25, 0.3) is 0 Å². The average molecular weight is 230 g/mol. The van der Waals surface area contributed by atoms with E-state index in [1.807, 2.05) is 18.7 Å². The topological polar surface area (TPSA) is 26.3 Å². The van der Waals surface area contributed by atoms with E-state index in [0.717, 1.165) is 6.42 Å².